The van der Waals surface area contributed by atoms with Gasteiger partial charge < -0.3 is 10.1 Å². The average Bonchev–Trinajstić information content (AvgIpc) is 2.50. The highest BCUT2D eigenvalue weighted by atomic mass is 35.5. The van der Waals surface area contributed by atoms with Crippen LogP contribution >= 0.6 is 23.2 Å². The Morgan fingerprint density at radius 1 is 1.05 bits per heavy atom. The van der Waals surface area contributed by atoms with Crippen LogP contribution in [0.15, 0.2) is 42.5 Å². The van der Waals surface area contributed by atoms with E-state index >= 15 is 0 Å². The number of hydrogen-bond donors (Lipinski definition) is 1. The molecular weight excluding hydrogens is 305 g/mol. The molecule has 0 bridgehead atoms. The van der Waals surface area contributed by atoms with Crippen molar-refractivity contribution < 1.29 is 4.74 Å². The Bertz CT molecular complexity index is 564. The molecule has 112 valence electrons. The van der Waals surface area contributed by atoms with Gasteiger partial charge in [-0.3, -0.25) is 0 Å². The maximum atomic E-state index is 6.36. The van der Waals surface area contributed by atoms with Crippen LogP contribution in [0.3, 0.4) is 0 Å². The molecule has 0 saturated carbocycles. The third kappa shape index (κ3) is 3.91. The molecule has 0 aliphatic heterocycles. The molecule has 1 atom stereocenters. The summed E-state index contributed by atoms with van der Waals surface area (Å²) in [5.74, 6) is 0.832. The lowest BCUT2D eigenvalue weighted by atomic mass is 9.98. The quantitative estimate of drug-likeness (QED) is 0.799. The number of ether oxygens (including phenoxy) is 1. The van der Waals surface area contributed by atoms with Gasteiger partial charge in [0, 0.05) is 15.6 Å². The molecule has 2 aromatic carbocycles. The minimum Gasteiger partial charge on any atom is -0.497 e. The Hall–Kier alpha value is -1.22. The number of rotatable bonds is 6. The zero-order valence-corrected chi connectivity index (χ0v) is 13.7. The predicted octanol–water partition coefficient (Wildman–Crippen LogP) is 5.09. The smallest absolute Gasteiger partial charge is 0.118 e. The second-order valence-electron chi connectivity index (χ2n) is 4.80. The standard InChI is InChI=1S/C17H19Cl2NO/c1-3-11-20-17(12-7-9-13(21-2)10-8-12)16-14(18)5-4-6-15(16)19/h4-10,17,20H,3,11H2,1-2H3. The molecule has 0 heterocycles. The van der Waals surface area contributed by atoms with E-state index in [0.29, 0.717) is 10.0 Å². The van der Waals surface area contributed by atoms with Gasteiger partial charge in [0.15, 0.2) is 0 Å². The summed E-state index contributed by atoms with van der Waals surface area (Å²) >= 11 is 12.7. The molecule has 2 aromatic rings. The lowest BCUT2D eigenvalue weighted by Crippen LogP contribution is -2.23. The van der Waals surface area contributed by atoms with E-state index in [1.54, 1.807) is 7.11 Å². The molecule has 0 aliphatic rings. The van der Waals surface area contributed by atoms with E-state index in [2.05, 4.69) is 12.2 Å². The van der Waals surface area contributed by atoms with Crippen LogP contribution in [0.25, 0.3) is 0 Å². The first-order valence-corrected chi connectivity index (χ1v) is 7.74. The number of benzene rings is 2. The van der Waals surface area contributed by atoms with Crippen molar-refractivity contribution in [2.75, 3.05) is 13.7 Å². The van der Waals surface area contributed by atoms with Gasteiger partial charge in [-0.1, -0.05) is 48.3 Å². The van der Waals surface area contributed by atoms with Crippen LogP contribution in [0.1, 0.15) is 30.5 Å². The van der Waals surface area contributed by atoms with Crippen LogP contribution in [0.4, 0.5) is 0 Å². The second-order valence-corrected chi connectivity index (χ2v) is 5.61. The fourth-order valence-corrected chi connectivity index (χ4v) is 2.87. The molecule has 21 heavy (non-hydrogen) atoms. The van der Waals surface area contributed by atoms with Gasteiger partial charge in [-0.15, -0.1) is 0 Å². The maximum Gasteiger partial charge on any atom is 0.118 e. The first-order chi connectivity index (χ1) is 10.2. The zero-order valence-electron chi connectivity index (χ0n) is 12.2. The lowest BCUT2D eigenvalue weighted by Gasteiger charge is -2.22. The van der Waals surface area contributed by atoms with E-state index in [1.165, 1.54) is 0 Å². The van der Waals surface area contributed by atoms with Crippen molar-refractivity contribution in [3.05, 3.63) is 63.6 Å². The summed E-state index contributed by atoms with van der Waals surface area (Å²) in [5, 5.41) is 4.86. The largest absolute Gasteiger partial charge is 0.497 e. The van der Waals surface area contributed by atoms with Crippen molar-refractivity contribution >= 4 is 23.2 Å². The van der Waals surface area contributed by atoms with E-state index in [4.69, 9.17) is 27.9 Å². The Kier molecular flexibility index (Phi) is 5.92. The van der Waals surface area contributed by atoms with Crippen molar-refractivity contribution in [1.29, 1.82) is 0 Å². The van der Waals surface area contributed by atoms with Gasteiger partial charge in [-0.05, 0) is 42.8 Å². The summed E-state index contributed by atoms with van der Waals surface area (Å²) in [7, 11) is 1.66. The highest BCUT2D eigenvalue weighted by Crippen LogP contribution is 2.34. The topological polar surface area (TPSA) is 21.3 Å². The summed E-state index contributed by atoms with van der Waals surface area (Å²) in [4.78, 5) is 0. The van der Waals surface area contributed by atoms with Gasteiger partial charge in [-0.2, -0.15) is 0 Å². The molecule has 0 spiro atoms. The molecule has 0 aliphatic carbocycles. The van der Waals surface area contributed by atoms with Crippen LogP contribution in [-0.2, 0) is 0 Å². The first-order valence-electron chi connectivity index (χ1n) is 6.98. The van der Waals surface area contributed by atoms with Crippen LogP contribution in [0, 0.1) is 0 Å². The van der Waals surface area contributed by atoms with E-state index in [9.17, 15) is 0 Å². The first kappa shape index (κ1) is 16.2. The molecular formula is C17H19Cl2NO. The van der Waals surface area contributed by atoms with Crippen LogP contribution < -0.4 is 10.1 Å². The molecule has 0 fully saturated rings. The zero-order chi connectivity index (χ0) is 15.2. The third-order valence-corrected chi connectivity index (χ3v) is 4.00. The monoisotopic (exact) mass is 323 g/mol. The van der Waals surface area contributed by atoms with E-state index in [-0.39, 0.29) is 6.04 Å². The van der Waals surface area contributed by atoms with Gasteiger partial charge >= 0.3 is 0 Å². The van der Waals surface area contributed by atoms with E-state index in [0.717, 1.165) is 29.8 Å². The fraction of sp³-hybridized carbons (Fsp3) is 0.294. The molecule has 0 amide bonds. The van der Waals surface area contributed by atoms with Crippen LogP contribution in [0.5, 0.6) is 5.75 Å². The Morgan fingerprint density at radius 3 is 2.19 bits per heavy atom. The predicted molar refractivity (Wildman–Crippen MR) is 89.6 cm³/mol. The molecule has 0 aromatic heterocycles. The van der Waals surface area contributed by atoms with Gasteiger partial charge in [0.25, 0.3) is 0 Å². The van der Waals surface area contributed by atoms with Crippen LogP contribution in [0.2, 0.25) is 10.0 Å². The summed E-state index contributed by atoms with van der Waals surface area (Å²) in [6, 6.07) is 13.5. The second kappa shape index (κ2) is 7.69. The van der Waals surface area contributed by atoms with Gasteiger partial charge in [-0.25, -0.2) is 0 Å². The minimum absolute atomic E-state index is 0.0305. The Morgan fingerprint density at radius 2 is 1.67 bits per heavy atom. The number of hydrogen-bond acceptors (Lipinski definition) is 2. The van der Waals surface area contributed by atoms with Crippen molar-refractivity contribution in [1.82, 2.24) is 5.32 Å². The fourth-order valence-electron chi connectivity index (χ4n) is 2.26. The van der Waals surface area contributed by atoms with Crippen molar-refractivity contribution in [3.63, 3.8) is 0 Å². The van der Waals surface area contributed by atoms with Gasteiger partial charge in [0.05, 0.1) is 13.2 Å². The summed E-state index contributed by atoms with van der Waals surface area (Å²) in [6.07, 6.45) is 1.04. The molecule has 0 radical (unpaired) electrons. The average molecular weight is 324 g/mol. The summed E-state index contributed by atoms with van der Waals surface area (Å²) in [6.45, 7) is 3.02. The van der Waals surface area contributed by atoms with E-state index < -0.39 is 0 Å². The number of methoxy groups -OCH3 is 1. The molecule has 1 unspecified atom stereocenters. The summed E-state index contributed by atoms with van der Waals surface area (Å²) in [5.41, 5.74) is 2.03. The highest BCUT2D eigenvalue weighted by molar-refractivity contribution is 6.36. The molecule has 1 N–H and O–H groups in total. The lowest BCUT2D eigenvalue weighted by molar-refractivity contribution is 0.414. The third-order valence-electron chi connectivity index (χ3n) is 3.34. The number of halogens is 2. The Balaban J connectivity index is 2.41. The summed E-state index contributed by atoms with van der Waals surface area (Å²) < 4.78 is 5.21. The minimum atomic E-state index is -0.0305. The van der Waals surface area contributed by atoms with Gasteiger partial charge in [0.2, 0.25) is 0 Å². The van der Waals surface area contributed by atoms with Crippen molar-refractivity contribution in [3.8, 4) is 5.75 Å². The molecule has 4 heteroatoms. The number of nitrogens with one attached hydrogen (secondary N) is 1. The maximum absolute atomic E-state index is 6.36. The molecule has 0 saturated heterocycles. The van der Waals surface area contributed by atoms with E-state index in [1.807, 2.05) is 42.5 Å². The van der Waals surface area contributed by atoms with Crippen LogP contribution in [-0.4, -0.2) is 13.7 Å². The SMILES string of the molecule is CCCNC(c1ccc(OC)cc1)c1c(Cl)cccc1Cl. The molecule has 2 nitrogen and oxygen atoms in total. The highest BCUT2D eigenvalue weighted by Gasteiger charge is 2.19. The van der Waals surface area contributed by atoms with Crippen molar-refractivity contribution in [2.24, 2.45) is 0 Å². The normalized spacial score (nSPS) is 12.2. The Labute approximate surface area is 136 Å². The van der Waals surface area contributed by atoms with Gasteiger partial charge in [0.1, 0.15) is 5.75 Å². The molecule has 2 rings (SSSR count). The van der Waals surface area contributed by atoms with Crippen molar-refractivity contribution in [2.45, 2.75) is 19.4 Å².